The van der Waals surface area contributed by atoms with E-state index in [1.54, 1.807) is 4.90 Å². The number of carbonyl (C=O) groups is 1. The minimum absolute atomic E-state index is 0. The van der Waals surface area contributed by atoms with E-state index in [2.05, 4.69) is 37.4 Å². The van der Waals surface area contributed by atoms with E-state index in [1.807, 2.05) is 18.8 Å². The standard InChI is InChI=1S/C15H22N2OS.ClH/c1-11-6-12(2)8-14(7-11)17(3)15(18)9-13-10-19-5-4-16-13;/h6-8,13,16H,4-5,9-10H2,1-3H3;1H. The number of nitrogens with one attached hydrogen (secondary N) is 1. The first kappa shape index (κ1) is 17.3. The van der Waals surface area contributed by atoms with Gasteiger partial charge in [-0.25, -0.2) is 0 Å². The van der Waals surface area contributed by atoms with Gasteiger partial charge in [-0.2, -0.15) is 11.8 Å². The first-order valence-electron chi connectivity index (χ1n) is 6.72. The summed E-state index contributed by atoms with van der Waals surface area (Å²) < 4.78 is 0. The monoisotopic (exact) mass is 314 g/mol. The van der Waals surface area contributed by atoms with E-state index in [0.717, 1.165) is 23.7 Å². The summed E-state index contributed by atoms with van der Waals surface area (Å²) in [5.41, 5.74) is 3.38. The zero-order chi connectivity index (χ0) is 13.8. The van der Waals surface area contributed by atoms with E-state index in [-0.39, 0.29) is 18.3 Å². The van der Waals surface area contributed by atoms with Crippen LogP contribution in [-0.2, 0) is 4.79 Å². The fourth-order valence-corrected chi connectivity index (χ4v) is 3.34. The lowest BCUT2D eigenvalue weighted by Crippen LogP contribution is -2.41. The van der Waals surface area contributed by atoms with Gasteiger partial charge in [-0.3, -0.25) is 4.79 Å². The average molecular weight is 315 g/mol. The number of amides is 1. The van der Waals surface area contributed by atoms with Gasteiger partial charge in [0.05, 0.1) is 0 Å². The van der Waals surface area contributed by atoms with Crippen molar-refractivity contribution in [3.05, 3.63) is 29.3 Å². The molecule has 0 spiro atoms. The molecular weight excluding hydrogens is 292 g/mol. The van der Waals surface area contributed by atoms with Crippen LogP contribution >= 0.6 is 24.2 Å². The minimum Gasteiger partial charge on any atom is -0.315 e. The third kappa shape index (κ3) is 4.69. The zero-order valence-electron chi connectivity index (χ0n) is 12.3. The van der Waals surface area contributed by atoms with Crippen molar-refractivity contribution in [1.82, 2.24) is 5.32 Å². The van der Waals surface area contributed by atoms with Gasteiger partial charge < -0.3 is 10.2 Å². The number of rotatable bonds is 3. The normalized spacial score (nSPS) is 18.2. The highest BCUT2D eigenvalue weighted by molar-refractivity contribution is 7.99. The fourth-order valence-electron chi connectivity index (χ4n) is 2.39. The van der Waals surface area contributed by atoms with Crippen LogP contribution < -0.4 is 10.2 Å². The Morgan fingerprint density at radius 1 is 1.35 bits per heavy atom. The van der Waals surface area contributed by atoms with Crippen molar-refractivity contribution in [2.75, 3.05) is 30.0 Å². The molecule has 0 radical (unpaired) electrons. The Bertz CT molecular complexity index is 441. The SMILES string of the molecule is Cc1cc(C)cc(N(C)C(=O)CC2CSCCN2)c1.Cl. The number of halogens is 1. The third-order valence-electron chi connectivity index (χ3n) is 3.39. The van der Waals surface area contributed by atoms with Gasteiger partial charge in [-0.05, 0) is 37.1 Å². The molecular formula is C15H23ClN2OS. The molecule has 1 amide bonds. The lowest BCUT2D eigenvalue weighted by atomic mass is 10.1. The van der Waals surface area contributed by atoms with Crippen molar-refractivity contribution in [2.24, 2.45) is 0 Å². The van der Waals surface area contributed by atoms with Crippen molar-refractivity contribution in [3.8, 4) is 0 Å². The highest BCUT2D eigenvalue weighted by Crippen LogP contribution is 2.19. The molecule has 0 aromatic heterocycles. The van der Waals surface area contributed by atoms with Crippen molar-refractivity contribution in [3.63, 3.8) is 0 Å². The van der Waals surface area contributed by atoms with Gasteiger partial charge in [0.25, 0.3) is 0 Å². The second kappa shape index (κ2) is 7.91. The molecule has 5 heteroatoms. The molecule has 1 N–H and O–H groups in total. The van der Waals surface area contributed by atoms with Crippen molar-refractivity contribution < 1.29 is 4.79 Å². The highest BCUT2D eigenvalue weighted by atomic mass is 35.5. The second-order valence-electron chi connectivity index (χ2n) is 5.23. The minimum atomic E-state index is 0. The van der Waals surface area contributed by atoms with Gasteiger partial charge in [0.2, 0.25) is 5.91 Å². The van der Waals surface area contributed by atoms with Gasteiger partial charge in [0.15, 0.2) is 0 Å². The van der Waals surface area contributed by atoms with Crippen LogP contribution in [0.5, 0.6) is 0 Å². The maximum Gasteiger partial charge on any atom is 0.228 e. The summed E-state index contributed by atoms with van der Waals surface area (Å²) in [7, 11) is 1.87. The topological polar surface area (TPSA) is 32.3 Å². The summed E-state index contributed by atoms with van der Waals surface area (Å²) >= 11 is 1.92. The van der Waals surface area contributed by atoms with Crippen LogP contribution in [0.1, 0.15) is 17.5 Å². The van der Waals surface area contributed by atoms with Crippen LogP contribution in [0, 0.1) is 13.8 Å². The smallest absolute Gasteiger partial charge is 0.228 e. The molecule has 0 saturated carbocycles. The molecule has 2 rings (SSSR count). The Balaban J connectivity index is 0.00000200. The van der Waals surface area contributed by atoms with Crippen LogP contribution in [0.4, 0.5) is 5.69 Å². The van der Waals surface area contributed by atoms with E-state index in [4.69, 9.17) is 0 Å². The number of hydrogen-bond donors (Lipinski definition) is 1. The maximum atomic E-state index is 12.3. The van der Waals surface area contributed by atoms with E-state index < -0.39 is 0 Å². The van der Waals surface area contributed by atoms with Crippen LogP contribution in [0.25, 0.3) is 0 Å². The summed E-state index contributed by atoms with van der Waals surface area (Å²) in [4.78, 5) is 14.1. The van der Waals surface area contributed by atoms with E-state index in [1.165, 1.54) is 11.1 Å². The van der Waals surface area contributed by atoms with Gasteiger partial charge in [-0.15, -0.1) is 12.4 Å². The summed E-state index contributed by atoms with van der Waals surface area (Å²) in [5, 5.41) is 3.41. The molecule has 1 atom stereocenters. The second-order valence-corrected chi connectivity index (χ2v) is 6.38. The summed E-state index contributed by atoms with van der Waals surface area (Å²) in [6, 6.07) is 6.57. The van der Waals surface area contributed by atoms with Crippen LogP contribution in [0.2, 0.25) is 0 Å². The summed E-state index contributed by atoms with van der Waals surface area (Å²) in [6.07, 6.45) is 0.580. The molecule has 1 aliphatic rings. The molecule has 1 aliphatic heterocycles. The Kier molecular flexibility index (Phi) is 6.86. The molecule has 20 heavy (non-hydrogen) atoms. The average Bonchev–Trinajstić information content (AvgIpc) is 2.37. The van der Waals surface area contributed by atoms with Crippen LogP contribution in [0.15, 0.2) is 18.2 Å². The van der Waals surface area contributed by atoms with E-state index in [0.29, 0.717) is 12.5 Å². The molecule has 1 fully saturated rings. The fraction of sp³-hybridized carbons (Fsp3) is 0.533. The molecule has 1 unspecified atom stereocenters. The summed E-state index contributed by atoms with van der Waals surface area (Å²) in [6.45, 7) is 5.14. The van der Waals surface area contributed by atoms with E-state index in [9.17, 15) is 4.79 Å². The molecule has 1 saturated heterocycles. The number of aryl methyl sites for hydroxylation is 2. The van der Waals surface area contributed by atoms with Crippen molar-refractivity contribution in [2.45, 2.75) is 26.3 Å². The zero-order valence-corrected chi connectivity index (χ0v) is 13.9. The van der Waals surface area contributed by atoms with Gasteiger partial charge in [0, 0.05) is 43.2 Å². The number of thioether (sulfide) groups is 1. The van der Waals surface area contributed by atoms with Crippen molar-refractivity contribution >= 4 is 35.8 Å². The molecule has 3 nitrogen and oxygen atoms in total. The van der Waals surface area contributed by atoms with Crippen LogP contribution in [0.3, 0.4) is 0 Å². The highest BCUT2D eigenvalue weighted by Gasteiger charge is 2.19. The Morgan fingerprint density at radius 2 is 2.00 bits per heavy atom. The molecule has 0 bridgehead atoms. The third-order valence-corrected chi connectivity index (χ3v) is 4.52. The number of benzene rings is 1. The molecule has 0 aliphatic carbocycles. The molecule has 1 aromatic rings. The maximum absolute atomic E-state index is 12.3. The largest absolute Gasteiger partial charge is 0.315 e. The lowest BCUT2D eigenvalue weighted by molar-refractivity contribution is -0.118. The predicted octanol–water partition coefficient (Wildman–Crippen LogP) is 2.78. The number of carbonyl (C=O) groups excluding carboxylic acids is 1. The first-order chi connectivity index (χ1) is 9.06. The number of nitrogens with zero attached hydrogens (tertiary/aromatic N) is 1. The Labute approximate surface area is 131 Å². The lowest BCUT2D eigenvalue weighted by Gasteiger charge is -2.25. The Morgan fingerprint density at radius 3 is 2.55 bits per heavy atom. The van der Waals surface area contributed by atoms with Gasteiger partial charge in [-0.1, -0.05) is 6.07 Å². The summed E-state index contributed by atoms with van der Waals surface area (Å²) in [5.74, 6) is 2.37. The number of anilines is 1. The van der Waals surface area contributed by atoms with E-state index >= 15 is 0 Å². The molecule has 112 valence electrons. The van der Waals surface area contributed by atoms with Gasteiger partial charge >= 0.3 is 0 Å². The Hall–Kier alpha value is -0.710. The number of hydrogen-bond acceptors (Lipinski definition) is 3. The first-order valence-corrected chi connectivity index (χ1v) is 7.87. The van der Waals surface area contributed by atoms with Crippen LogP contribution in [-0.4, -0.2) is 37.0 Å². The quantitative estimate of drug-likeness (QED) is 0.931. The van der Waals surface area contributed by atoms with Crippen molar-refractivity contribution in [1.29, 1.82) is 0 Å². The molecule has 1 heterocycles. The molecule has 1 aromatic carbocycles. The predicted molar refractivity (Wildman–Crippen MR) is 90.3 cm³/mol. The van der Waals surface area contributed by atoms with Gasteiger partial charge in [0.1, 0.15) is 0 Å².